The number of rotatable bonds is 5. The minimum Gasteiger partial charge on any atom is -0.481 e. The van der Waals surface area contributed by atoms with Gasteiger partial charge in [0.05, 0.1) is 5.92 Å². The van der Waals surface area contributed by atoms with E-state index in [0.29, 0.717) is 19.4 Å². The van der Waals surface area contributed by atoms with E-state index >= 15 is 0 Å². The van der Waals surface area contributed by atoms with Gasteiger partial charge in [-0.15, -0.1) is 0 Å². The van der Waals surface area contributed by atoms with Crippen molar-refractivity contribution in [1.29, 1.82) is 0 Å². The van der Waals surface area contributed by atoms with Crippen LogP contribution in [0.4, 0.5) is 4.79 Å². The molecule has 2 aliphatic carbocycles. The first-order valence-electron chi connectivity index (χ1n) is 11.0. The predicted molar refractivity (Wildman–Crippen MR) is 117 cm³/mol. The third kappa shape index (κ3) is 3.42. The van der Waals surface area contributed by atoms with Crippen LogP contribution in [0, 0.1) is 11.8 Å². The molecule has 5 rings (SSSR count). The van der Waals surface area contributed by atoms with E-state index in [-0.39, 0.29) is 30.9 Å². The number of carbonyl (C=O) groups excluding carboxylic acids is 2. The third-order valence-corrected chi connectivity index (χ3v) is 7.06. The molecule has 0 radical (unpaired) electrons. The Kier molecular flexibility index (Phi) is 4.92. The van der Waals surface area contributed by atoms with Gasteiger partial charge in [0.2, 0.25) is 5.91 Å². The summed E-state index contributed by atoms with van der Waals surface area (Å²) in [7, 11) is 0. The van der Waals surface area contributed by atoms with Gasteiger partial charge in [-0.25, -0.2) is 4.79 Å². The van der Waals surface area contributed by atoms with Crippen molar-refractivity contribution < 1.29 is 24.2 Å². The number of hydrogen-bond acceptors (Lipinski definition) is 4. The number of carboxylic acids is 1. The Balaban J connectivity index is 1.23. The smallest absolute Gasteiger partial charge is 0.408 e. The predicted octanol–water partition coefficient (Wildman–Crippen LogP) is 3.24. The Morgan fingerprint density at radius 2 is 1.62 bits per heavy atom. The lowest BCUT2D eigenvalue weighted by Gasteiger charge is -2.24. The number of amides is 2. The maximum absolute atomic E-state index is 13.0. The molecule has 1 saturated heterocycles. The second kappa shape index (κ2) is 7.65. The number of nitrogens with zero attached hydrogens (tertiary/aromatic N) is 1. The fourth-order valence-electron chi connectivity index (χ4n) is 5.10. The van der Waals surface area contributed by atoms with Crippen LogP contribution in [-0.2, 0) is 14.3 Å². The van der Waals surface area contributed by atoms with E-state index in [2.05, 4.69) is 29.6 Å². The highest BCUT2D eigenvalue weighted by Gasteiger charge is 2.55. The number of carbonyl (C=O) groups is 3. The zero-order chi connectivity index (χ0) is 22.5. The van der Waals surface area contributed by atoms with Gasteiger partial charge in [0.25, 0.3) is 0 Å². The highest BCUT2D eigenvalue weighted by molar-refractivity contribution is 5.93. The van der Waals surface area contributed by atoms with Gasteiger partial charge < -0.3 is 20.1 Å². The number of fused-ring (bicyclic) bond motifs is 3. The largest absolute Gasteiger partial charge is 0.481 e. The van der Waals surface area contributed by atoms with Crippen molar-refractivity contribution >= 4 is 18.0 Å². The molecule has 32 heavy (non-hydrogen) atoms. The van der Waals surface area contributed by atoms with E-state index in [0.717, 1.165) is 22.3 Å². The molecule has 1 heterocycles. The molecular weight excluding hydrogens is 408 g/mol. The topological polar surface area (TPSA) is 95.9 Å². The zero-order valence-electron chi connectivity index (χ0n) is 17.9. The van der Waals surface area contributed by atoms with Crippen LogP contribution >= 0.6 is 0 Å². The van der Waals surface area contributed by atoms with Crippen molar-refractivity contribution in [2.75, 3.05) is 19.7 Å². The number of ether oxygens (including phenoxy) is 1. The summed E-state index contributed by atoms with van der Waals surface area (Å²) in [5, 5.41) is 12.1. The maximum Gasteiger partial charge on any atom is 0.408 e. The fourth-order valence-corrected chi connectivity index (χ4v) is 5.10. The average Bonchev–Trinajstić information content (AvgIpc) is 3.34. The molecular formula is C25H26N2O5. The SMILES string of the molecule is C[C@@H]1CN(C(=O)C2(NC(=O)OCC3c4ccccc4-c4ccccc43)CC2)C[C@H]1C(=O)O. The van der Waals surface area contributed by atoms with Gasteiger partial charge in [-0.2, -0.15) is 0 Å². The lowest BCUT2D eigenvalue weighted by Crippen LogP contribution is -2.50. The van der Waals surface area contributed by atoms with Crippen LogP contribution in [0.3, 0.4) is 0 Å². The van der Waals surface area contributed by atoms with Crippen LogP contribution in [0.5, 0.6) is 0 Å². The molecule has 7 nitrogen and oxygen atoms in total. The molecule has 2 aromatic rings. The lowest BCUT2D eigenvalue weighted by atomic mass is 9.98. The maximum atomic E-state index is 13.0. The molecule has 0 bridgehead atoms. The second-order valence-corrected chi connectivity index (χ2v) is 9.16. The van der Waals surface area contributed by atoms with Crippen molar-refractivity contribution in [1.82, 2.24) is 10.2 Å². The summed E-state index contributed by atoms with van der Waals surface area (Å²) in [6, 6.07) is 16.2. The Labute approximate surface area is 186 Å². The minimum absolute atomic E-state index is 0.0465. The van der Waals surface area contributed by atoms with Crippen molar-refractivity contribution in [3.05, 3.63) is 59.7 Å². The van der Waals surface area contributed by atoms with Crippen LogP contribution in [0.2, 0.25) is 0 Å². The normalized spacial score (nSPS) is 22.7. The van der Waals surface area contributed by atoms with Gasteiger partial charge in [0.15, 0.2) is 0 Å². The molecule has 0 spiro atoms. The minimum atomic E-state index is -0.963. The van der Waals surface area contributed by atoms with E-state index in [9.17, 15) is 19.5 Å². The molecule has 7 heteroatoms. The highest BCUT2D eigenvalue weighted by Crippen LogP contribution is 2.45. The summed E-state index contributed by atoms with van der Waals surface area (Å²) < 4.78 is 5.59. The number of benzene rings is 2. The summed E-state index contributed by atoms with van der Waals surface area (Å²) in [6.45, 7) is 2.60. The van der Waals surface area contributed by atoms with Crippen molar-refractivity contribution in [3.63, 3.8) is 0 Å². The Morgan fingerprint density at radius 1 is 1.03 bits per heavy atom. The first-order valence-corrected chi connectivity index (χ1v) is 11.0. The summed E-state index contributed by atoms with van der Waals surface area (Å²) >= 11 is 0. The number of carboxylic acid groups (broad SMARTS) is 1. The molecule has 2 fully saturated rings. The van der Waals surface area contributed by atoms with E-state index in [1.165, 1.54) is 0 Å². The van der Waals surface area contributed by atoms with Gasteiger partial charge >= 0.3 is 12.1 Å². The average molecular weight is 434 g/mol. The molecule has 2 aromatic carbocycles. The number of nitrogens with one attached hydrogen (secondary N) is 1. The van der Waals surface area contributed by atoms with E-state index in [1.54, 1.807) is 4.90 Å². The van der Waals surface area contributed by atoms with Gasteiger partial charge in [0.1, 0.15) is 12.1 Å². The van der Waals surface area contributed by atoms with Crippen molar-refractivity contribution in [2.24, 2.45) is 11.8 Å². The van der Waals surface area contributed by atoms with Crippen molar-refractivity contribution in [2.45, 2.75) is 31.2 Å². The number of likely N-dealkylation sites (tertiary alicyclic amines) is 1. The van der Waals surface area contributed by atoms with Gasteiger partial charge in [-0.3, -0.25) is 9.59 Å². The van der Waals surface area contributed by atoms with Crippen LogP contribution < -0.4 is 5.32 Å². The van der Waals surface area contributed by atoms with Crippen LogP contribution in [0.15, 0.2) is 48.5 Å². The molecule has 2 atom stereocenters. The third-order valence-electron chi connectivity index (χ3n) is 7.06. The highest BCUT2D eigenvalue weighted by atomic mass is 16.5. The van der Waals surface area contributed by atoms with Crippen molar-refractivity contribution in [3.8, 4) is 11.1 Å². The van der Waals surface area contributed by atoms with Gasteiger partial charge in [-0.05, 0) is 41.0 Å². The van der Waals surface area contributed by atoms with Gasteiger partial charge in [0, 0.05) is 19.0 Å². The first-order chi connectivity index (χ1) is 15.4. The molecule has 3 aliphatic rings. The van der Waals surface area contributed by atoms with Crippen LogP contribution in [-0.4, -0.2) is 53.2 Å². The molecule has 1 saturated carbocycles. The summed E-state index contributed by atoms with van der Waals surface area (Å²) in [6.07, 6.45) is 0.469. The molecule has 2 N–H and O–H groups in total. The summed E-state index contributed by atoms with van der Waals surface area (Å²) in [5.41, 5.74) is 3.61. The Bertz CT molecular complexity index is 1050. The summed E-state index contributed by atoms with van der Waals surface area (Å²) in [5.74, 6) is -1.82. The lowest BCUT2D eigenvalue weighted by molar-refractivity contribution is -0.142. The number of alkyl carbamates (subject to hydrolysis) is 1. The first kappa shape index (κ1) is 20.5. The Morgan fingerprint density at radius 3 is 2.16 bits per heavy atom. The quantitative estimate of drug-likeness (QED) is 0.753. The summed E-state index contributed by atoms with van der Waals surface area (Å²) in [4.78, 5) is 38.6. The molecule has 2 amide bonds. The van der Waals surface area contributed by atoms with E-state index in [1.807, 2.05) is 31.2 Å². The van der Waals surface area contributed by atoms with Gasteiger partial charge in [-0.1, -0.05) is 55.5 Å². The Hall–Kier alpha value is -3.35. The fraction of sp³-hybridized carbons (Fsp3) is 0.400. The van der Waals surface area contributed by atoms with E-state index in [4.69, 9.17) is 4.74 Å². The molecule has 0 aromatic heterocycles. The zero-order valence-corrected chi connectivity index (χ0v) is 17.9. The standard InChI is InChI=1S/C25H26N2O5/c1-15-12-27(13-20(15)22(28)29)23(30)25(10-11-25)26-24(31)32-14-21-18-8-4-2-6-16(18)17-7-3-5-9-19(17)21/h2-9,15,20-21H,10-14H2,1H3,(H,26,31)(H,28,29)/t15-,20-/m1/s1. The molecule has 1 aliphatic heterocycles. The van der Waals surface area contributed by atoms with Crippen LogP contribution in [0.25, 0.3) is 11.1 Å². The van der Waals surface area contributed by atoms with Crippen LogP contribution in [0.1, 0.15) is 36.8 Å². The second-order valence-electron chi connectivity index (χ2n) is 9.16. The van der Waals surface area contributed by atoms with E-state index < -0.39 is 23.5 Å². The number of aliphatic carboxylic acids is 1. The monoisotopic (exact) mass is 434 g/mol. The molecule has 0 unspecified atom stereocenters. The number of hydrogen-bond donors (Lipinski definition) is 2. The molecule has 166 valence electrons.